The third kappa shape index (κ3) is 6.21. The molecule has 0 aliphatic carbocycles. The van der Waals surface area contributed by atoms with E-state index in [4.69, 9.17) is 9.47 Å². The molecule has 164 valence electrons. The van der Waals surface area contributed by atoms with Crippen LogP contribution >= 0.6 is 0 Å². The first-order chi connectivity index (χ1) is 15.1. The van der Waals surface area contributed by atoms with E-state index >= 15 is 0 Å². The Kier molecular flexibility index (Phi) is 7.86. The van der Waals surface area contributed by atoms with Crippen LogP contribution in [0, 0.1) is 6.92 Å². The molecule has 8 nitrogen and oxygen atoms in total. The highest BCUT2D eigenvalue weighted by molar-refractivity contribution is 5.79. The number of rotatable bonds is 9. The Morgan fingerprint density at radius 1 is 1.13 bits per heavy atom. The van der Waals surface area contributed by atoms with Crippen LogP contribution in [0.15, 0.2) is 60.0 Å². The summed E-state index contributed by atoms with van der Waals surface area (Å²) in [5.74, 6) is 3.92. The van der Waals surface area contributed by atoms with E-state index in [2.05, 4.69) is 25.6 Å². The number of pyridine rings is 1. The predicted molar refractivity (Wildman–Crippen MR) is 122 cm³/mol. The topological polar surface area (TPSA) is 85.6 Å². The zero-order chi connectivity index (χ0) is 22.1. The van der Waals surface area contributed by atoms with Gasteiger partial charge in [-0.3, -0.25) is 4.57 Å². The summed E-state index contributed by atoms with van der Waals surface area (Å²) in [5.41, 5.74) is 1.03. The zero-order valence-corrected chi connectivity index (χ0v) is 18.5. The quantitative estimate of drug-likeness (QED) is 0.407. The number of aromatic nitrogens is 3. The molecule has 1 atom stereocenters. The summed E-state index contributed by atoms with van der Waals surface area (Å²) in [6.07, 6.45) is 5.44. The number of hydrogen-bond acceptors (Lipinski definition) is 5. The number of aryl methyl sites for hydroxylation is 1. The number of aliphatic imine (C=N–C) groups is 1. The van der Waals surface area contributed by atoms with Crippen molar-refractivity contribution < 1.29 is 9.47 Å². The SMILES string of the molecule is CCNC(=NCc1ccc(-n2ccnc2C)nc1)NCC(C)Oc1ccccc1OC. The smallest absolute Gasteiger partial charge is 0.191 e. The van der Waals surface area contributed by atoms with Gasteiger partial charge in [0.05, 0.1) is 20.2 Å². The van der Waals surface area contributed by atoms with Gasteiger partial charge in [0.1, 0.15) is 17.7 Å². The Morgan fingerprint density at radius 2 is 1.94 bits per heavy atom. The molecule has 0 radical (unpaired) electrons. The van der Waals surface area contributed by atoms with Crippen molar-refractivity contribution in [1.82, 2.24) is 25.2 Å². The Morgan fingerprint density at radius 3 is 2.58 bits per heavy atom. The molecule has 8 heteroatoms. The van der Waals surface area contributed by atoms with Crippen LogP contribution in [0.2, 0.25) is 0 Å². The second-order valence-electron chi connectivity index (χ2n) is 7.02. The Hall–Kier alpha value is -3.55. The second kappa shape index (κ2) is 11.0. The van der Waals surface area contributed by atoms with Gasteiger partial charge in [0.15, 0.2) is 17.5 Å². The van der Waals surface area contributed by atoms with E-state index < -0.39 is 0 Å². The predicted octanol–water partition coefficient (Wildman–Crippen LogP) is 3.11. The first-order valence-electron chi connectivity index (χ1n) is 10.4. The monoisotopic (exact) mass is 422 g/mol. The fourth-order valence-electron chi connectivity index (χ4n) is 3.00. The van der Waals surface area contributed by atoms with Crippen molar-refractivity contribution in [2.75, 3.05) is 20.2 Å². The summed E-state index contributed by atoms with van der Waals surface area (Å²) in [6, 6.07) is 11.6. The molecule has 31 heavy (non-hydrogen) atoms. The van der Waals surface area contributed by atoms with Crippen LogP contribution in [0.5, 0.6) is 11.5 Å². The number of ether oxygens (including phenoxy) is 2. The molecule has 0 amide bonds. The van der Waals surface area contributed by atoms with Crippen molar-refractivity contribution in [2.24, 2.45) is 4.99 Å². The number of para-hydroxylation sites is 2. The summed E-state index contributed by atoms with van der Waals surface area (Å²) >= 11 is 0. The van der Waals surface area contributed by atoms with Crippen LogP contribution in [0.25, 0.3) is 5.82 Å². The molecular formula is C23H30N6O2. The molecule has 0 aliphatic rings. The number of hydrogen-bond donors (Lipinski definition) is 2. The second-order valence-corrected chi connectivity index (χ2v) is 7.02. The van der Waals surface area contributed by atoms with E-state index in [0.717, 1.165) is 41.2 Å². The molecule has 2 N–H and O–H groups in total. The van der Waals surface area contributed by atoms with E-state index in [9.17, 15) is 0 Å². The molecule has 0 fully saturated rings. The molecule has 0 spiro atoms. The molecule has 1 aromatic carbocycles. The van der Waals surface area contributed by atoms with Crippen molar-refractivity contribution >= 4 is 5.96 Å². The van der Waals surface area contributed by atoms with Crippen molar-refractivity contribution in [2.45, 2.75) is 33.4 Å². The molecular weight excluding hydrogens is 392 g/mol. The van der Waals surface area contributed by atoms with Gasteiger partial charge in [0.2, 0.25) is 0 Å². The fourth-order valence-corrected chi connectivity index (χ4v) is 3.00. The van der Waals surface area contributed by atoms with Crippen LogP contribution in [0.3, 0.4) is 0 Å². The van der Waals surface area contributed by atoms with Gasteiger partial charge < -0.3 is 20.1 Å². The highest BCUT2D eigenvalue weighted by Gasteiger charge is 2.09. The van der Waals surface area contributed by atoms with E-state index in [1.807, 2.05) is 74.1 Å². The lowest BCUT2D eigenvalue weighted by atomic mass is 10.3. The van der Waals surface area contributed by atoms with E-state index in [-0.39, 0.29) is 6.10 Å². The molecule has 0 bridgehead atoms. The average molecular weight is 423 g/mol. The van der Waals surface area contributed by atoms with Crippen LogP contribution in [0.1, 0.15) is 25.2 Å². The minimum absolute atomic E-state index is 0.0699. The van der Waals surface area contributed by atoms with Gasteiger partial charge in [0.25, 0.3) is 0 Å². The first kappa shape index (κ1) is 22.1. The van der Waals surface area contributed by atoms with Crippen molar-refractivity contribution in [3.05, 3.63) is 66.4 Å². The number of guanidine groups is 1. The molecule has 2 heterocycles. The highest BCUT2D eigenvalue weighted by Crippen LogP contribution is 2.26. The maximum atomic E-state index is 6.00. The number of imidazole rings is 1. The van der Waals surface area contributed by atoms with Gasteiger partial charge in [-0.25, -0.2) is 15.0 Å². The molecule has 0 saturated heterocycles. The molecule has 0 aliphatic heterocycles. The van der Waals surface area contributed by atoms with Crippen molar-refractivity contribution in [3.63, 3.8) is 0 Å². The molecule has 3 aromatic rings. The third-order valence-corrected chi connectivity index (χ3v) is 4.60. The summed E-state index contributed by atoms with van der Waals surface area (Å²) in [4.78, 5) is 13.4. The number of nitrogens with zero attached hydrogens (tertiary/aromatic N) is 4. The first-order valence-corrected chi connectivity index (χ1v) is 10.4. The highest BCUT2D eigenvalue weighted by atomic mass is 16.5. The maximum Gasteiger partial charge on any atom is 0.191 e. The lowest BCUT2D eigenvalue weighted by molar-refractivity contribution is 0.213. The standard InChI is InChI=1S/C23H30N6O2/c1-5-24-23(27-14-17(2)31-21-9-7-6-8-20(21)30-4)28-16-19-10-11-22(26-15-19)29-13-12-25-18(29)3/h6-13,15,17H,5,14,16H2,1-4H3,(H2,24,27,28). The van der Waals surface area contributed by atoms with Gasteiger partial charge in [-0.2, -0.15) is 0 Å². The van der Waals surface area contributed by atoms with Crippen LogP contribution < -0.4 is 20.1 Å². The number of nitrogens with one attached hydrogen (secondary N) is 2. The average Bonchev–Trinajstić information content (AvgIpc) is 3.22. The van der Waals surface area contributed by atoms with Gasteiger partial charge in [-0.1, -0.05) is 18.2 Å². The molecule has 3 rings (SSSR count). The van der Waals surface area contributed by atoms with Gasteiger partial charge in [-0.15, -0.1) is 0 Å². The van der Waals surface area contributed by atoms with Crippen molar-refractivity contribution in [1.29, 1.82) is 0 Å². The van der Waals surface area contributed by atoms with Crippen LogP contribution in [0.4, 0.5) is 0 Å². The lowest BCUT2D eigenvalue weighted by Gasteiger charge is -2.19. The normalized spacial score (nSPS) is 12.3. The summed E-state index contributed by atoms with van der Waals surface area (Å²) < 4.78 is 13.3. The summed E-state index contributed by atoms with van der Waals surface area (Å²) in [7, 11) is 1.64. The summed E-state index contributed by atoms with van der Waals surface area (Å²) in [5, 5.41) is 6.59. The van der Waals surface area contributed by atoms with Crippen molar-refractivity contribution in [3.8, 4) is 17.3 Å². The largest absolute Gasteiger partial charge is 0.493 e. The fraction of sp³-hybridized carbons (Fsp3) is 0.348. The summed E-state index contributed by atoms with van der Waals surface area (Å²) in [6.45, 7) is 7.88. The lowest BCUT2D eigenvalue weighted by Crippen LogP contribution is -2.41. The molecule has 2 aromatic heterocycles. The Labute approximate surface area is 183 Å². The van der Waals surface area contributed by atoms with Crippen LogP contribution in [-0.2, 0) is 6.54 Å². The molecule has 1 unspecified atom stereocenters. The molecule has 0 saturated carbocycles. The minimum Gasteiger partial charge on any atom is -0.493 e. The number of methoxy groups -OCH3 is 1. The minimum atomic E-state index is -0.0699. The Balaban J connectivity index is 1.56. The third-order valence-electron chi connectivity index (χ3n) is 4.60. The van der Waals surface area contributed by atoms with Crippen LogP contribution in [-0.4, -0.2) is 46.8 Å². The number of benzene rings is 1. The van der Waals surface area contributed by atoms with Gasteiger partial charge in [0, 0.05) is 25.1 Å². The van der Waals surface area contributed by atoms with E-state index in [0.29, 0.717) is 13.1 Å². The zero-order valence-electron chi connectivity index (χ0n) is 18.5. The maximum absolute atomic E-state index is 6.00. The Bertz CT molecular complexity index is 984. The van der Waals surface area contributed by atoms with Gasteiger partial charge >= 0.3 is 0 Å². The van der Waals surface area contributed by atoms with Gasteiger partial charge in [-0.05, 0) is 44.5 Å². The van der Waals surface area contributed by atoms with E-state index in [1.54, 1.807) is 13.3 Å². The van der Waals surface area contributed by atoms with E-state index in [1.165, 1.54) is 0 Å².